The van der Waals surface area contributed by atoms with Gasteiger partial charge in [-0.25, -0.2) is 13.2 Å². The Balaban J connectivity index is 1.50. The van der Waals surface area contributed by atoms with Gasteiger partial charge in [-0.1, -0.05) is 60.5 Å². The van der Waals surface area contributed by atoms with Gasteiger partial charge in [-0.3, -0.25) is 0 Å². The van der Waals surface area contributed by atoms with E-state index in [9.17, 15) is 13.2 Å². The fourth-order valence-corrected chi connectivity index (χ4v) is 3.51. The second-order valence-corrected chi connectivity index (χ2v) is 7.27. The van der Waals surface area contributed by atoms with Gasteiger partial charge in [-0.2, -0.15) is 0 Å². The predicted octanol–water partition coefficient (Wildman–Crippen LogP) is 7.40. The molecule has 0 aromatic heterocycles. The van der Waals surface area contributed by atoms with Crippen molar-refractivity contribution in [1.29, 1.82) is 0 Å². The van der Waals surface area contributed by atoms with E-state index in [0.29, 0.717) is 12.0 Å². The molecule has 0 aliphatic rings. The lowest BCUT2D eigenvalue weighted by atomic mass is 9.97. The van der Waals surface area contributed by atoms with E-state index >= 15 is 0 Å². The molecular formula is C28H19F3. The summed E-state index contributed by atoms with van der Waals surface area (Å²) in [4.78, 5) is 0. The SMILES string of the molecule is CC#Cc1ccc(-c2ccc(Cc3ccc(-c4ccc(F)c(F)c4)c(F)c3)cc2)cc1. The Labute approximate surface area is 180 Å². The Morgan fingerprint density at radius 1 is 0.581 bits per heavy atom. The van der Waals surface area contributed by atoms with Crippen LogP contribution in [0.5, 0.6) is 0 Å². The van der Waals surface area contributed by atoms with E-state index in [-0.39, 0.29) is 5.56 Å². The minimum absolute atomic E-state index is 0.245. The molecular weight excluding hydrogens is 393 g/mol. The Kier molecular flexibility index (Phi) is 5.91. The molecule has 0 heterocycles. The van der Waals surface area contributed by atoms with Crippen molar-refractivity contribution >= 4 is 0 Å². The van der Waals surface area contributed by atoms with Crippen LogP contribution in [-0.4, -0.2) is 0 Å². The van der Waals surface area contributed by atoms with Crippen molar-refractivity contribution in [3.63, 3.8) is 0 Å². The van der Waals surface area contributed by atoms with Gasteiger partial charge in [0.25, 0.3) is 0 Å². The van der Waals surface area contributed by atoms with E-state index in [0.717, 1.165) is 39.9 Å². The zero-order chi connectivity index (χ0) is 21.8. The number of hydrogen-bond acceptors (Lipinski definition) is 0. The normalized spacial score (nSPS) is 10.5. The first-order chi connectivity index (χ1) is 15.0. The molecule has 152 valence electrons. The highest BCUT2D eigenvalue weighted by atomic mass is 19.2. The van der Waals surface area contributed by atoms with E-state index in [1.165, 1.54) is 12.1 Å². The van der Waals surface area contributed by atoms with Gasteiger partial charge < -0.3 is 0 Å². The Morgan fingerprint density at radius 2 is 1.19 bits per heavy atom. The number of rotatable bonds is 4. The maximum absolute atomic E-state index is 14.6. The van der Waals surface area contributed by atoms with Crippen LogP contribution in [0.1, 0.15) is 23.6 Å². The first kappa shape index (κ1) is 20.5. The third-order valence-corrected chi connectivity index (χ3v) is 5.11. The molecule has 0 bridgehead atoms. The van der Waals surface area contributed by atoms with E-state index < -0.39 is 17.5 Å². The van der Waals surface area contributed by atoms with Gasteiger partial charge in [-0.05, 0) is 71.5 Å². The van der Waals surface area contributed by atoms with Crippen LogP contribution in [-0.2, 0) is 6.42 Å². The van der Waals surface area contributed by atoms with Crippen LogP contribution in [0.4, 0.5) is 13.2 Å². The van der Waals surface area contributed by atoms with Gasteiger partial charge in [0.05, 0.1) is 0 Å². The van der Waals surface area contributed by atoms with Gasteiger partial charge in [0.1, 0.15) is 5.82 Å². The molecule has 31 heavy (non-hydrogen) atoms. The molecule has 4 aromatic rings. The summed E-state index contributed by atoms with van der Waals surface area (Å²) in [5, 5.41) is 0. The van der Waals surface area contributed by atoms with Crippen LogP contribution < -0.4 is 0 Å². The minimum atomic E-state index is -0.992. The molecule has 0 saturated heterocycles. The highest BCUT2D eigenvalue weighted by molar-refractivity contribution is 5.66. The number of halogens is 3. The zero-order valence-corrected chi connectivity index (χ0v) is 16.9. The van der Waals surface area contributed by atoms with Crippen molar-refractivity contribution in [2.45, 2.75) is 13.3 Å². The maximum Gasteiger partial charge on any atom is 0.159 e. The highest BCUT2D eigenvalue weighted by Crippen LogP contribution is 2.27. The van der Waals surface area contributed by atoms with Gasteiger partial charge in [0.2, 0.25) is 0 Å². The first-order valence-corrected chi connectivity index (χ1v) is 9.89. The lowest BCUT2D eigenvalue weighted by Crippen LogP contribution is -1.93. The van der Waals surface area contributed by atoms with Crippen molar-refractivity contribution in [3.05, 3.63) is 119 Å². The lowest BCUT2D eigenvalue weighted by Gasteiger charge is -2.08. The molecule has 0 unspecified atom stereocenters. The molecule has 4 rings (SSSR count). The maximum atomic E-state index is 14.6. The molecule has 0 fully saturated rings. The number of benzene rings is 4. The van der Waals surface area contributed by atoms with E-state index in [1.54, 1.807) is 12.1 Å². The fraction of sp³-hybridized carbons (Fsp3) is 0.0714. The van der Waals surface area contributed by atoms with Crippen molar-refractivity contribution in [2.24, 2.45) is 0 Å². The molecule has 0 nitrogen and oxygen atoms in total. The molecule has 0 aliphatic carbocycles. The van der Waals surface area contributed by atoms with E-state index in [2.05, 4.69) is 11.8 Å². The van der Waals surface area contributed by atoms with Crippen molar-refractivity contribution in [1.82, 2.24) is 0 Å². The molecule has 0 saturated carbocycles. The Hall–Kier alpha value is -3.77. The number of hydrogen-bond donors (Lipinski definition) is 0. The first-order valence-electron chi connectivity index (χ1n) is 9.89. The quantitative estimate of drug-likeness (QED) is 0.306. The Morgan fingerprint density at radius 3 is 1.81 bits per heavy atom. The third kappa shape index (κ3) is 4.70. The van der Waals surface area contributed by atoms with E-state index in [1.807, 2.05) is 55.5 Å². The minimum Gasteiger partial charge on any atom is -0.206 e. The Bertz CT molecular complexity index is 1270. The van der Waals surface area contributed by atoms with Gasteiger partial charge in [-0.15, -0.1) is 5.92 Å². The summed E-state index contributed by atoms with van der Waals surface area (Å²) < 4.78 is 41.2. The average Bonchev–Trinajstić information content (AvgIpc) is 2.77. The van der Waals surface area contributed by atoms with Gasteiger partial charge in [0.15, 0.2) is 11.6 Å². The van der Waals surface area contributed by atoms with Crippen LogP contribution in [0.15, 0.2) is 84.9 Å². The average molecular weight is 412 g/mol. The van der Waals surface area contributed by atoms with Gasteiger partial charge >= 0.3 is 0 Å². The molecule has 0 atom stereocenters. The second-order valence-electron chi connectivity index (χ2n) is 7.27. The summed E-state index contributed by atoms with van der Waals surface area (Å²) in [7, 11) is 0. The molecule has 3 heteroatoms. The summed E-state index contributed by atoms with van der Waals surface area (Å²) in [6.07, 6.45) is 0.570. The largest absolute Gasteiger partial charge is 0.206 e. The van der Waals surface area contributed by atoms with Crippen LogP contribution in [0.3, 0.4) is 0 Å². The highest BCUT2D eigenvalue weighted by Gasteiger charge is 2.10. The summed E-state index contributed by atoms with van der Waals surface area (Å²) in [5.41, 5.74) is 5.60. The molecule has 0 N–H and O–H groups in total. The van der Waals surface area contributed by atoms with Crippen molar-refractivity contribution in [2.75, 3.05) is 0 Å². The second kappa shape index (κ2) is 8.93. The topological polar surface area (TPSA) is 0 Å². The van der Waals surface area contributed by atoms with Crippen LogP contribution >= 0.6 is 0 Å². The van der Waals surface area contributed by atoms with Crippen molar-refractivity contribution in [3.8, 4) is 34.1 Å². The lowest BCUT2D eigenvalue weighted by molar-refractivity contribution is 0.509. The summed E-state index contributed by atoms with van der Waals surface area (Å²) in [6, 6.07) is 24.5. The zero-order valence-electron chi connectivity index (χ0n) is 16.9. The van der Waals surface area contributed by atoms with Crippen LogP contribution in [0.2, 0.25) is 0 Å². The summed E-state index contributed by atoms with van der Waals surface area (Å²) >= 11 is 0. The fourth-order valence-electron chi connectivity index (χ4n) is 3.51. The molecule has 0 amide bonds. The summed E-state index contributed by atoms with van der Waals surface area (Å²) in [6.45, 7) is 1.81. The standard InChI is InChI=1S/C28H19F3/c1-2-3-19-4-9-22(10-5-19)23-11-6-20(7-12-23)16-21-8-14-25(27(30)17-21)24-13-15-26(29)28(31)18-24/h4-15,17-18H,16H2,1H3. The monoisotopic (exact) mass is 412 g/mol. The van der Waals surface area contributed by atoms with Gasteiger partial charge in [0, 0.05) is 11.1 Å². The van der Waals surface area contributed by atoms with Crippen molar-refractivity contribution < 1.29 is 13.2 Å². The van der Waals surface area contributed by atoms with E-state index in [4.69, 9.17) is 0 Å². The molecule has 0 spiro atoms. The van der Waals surface area contributed by atoms with Crippen LogP contribution in [0, 0.1) is 29.3 Å². The molecule has 0 radical (unpaired) electrons. The predicted molar refractivity (Wildman–Crippen MR) is 119 cm³/mol. The molecule has 0 aliphatic heterocycles. The smallest absolute Gasteiger partial charge is 0.159 e. The third-order valence-electron chi connectivity index (χ3n) is 5.11. The molecule has 4 aromatic carbocycles. The van der Waals surface area contributed by atoms with Crippen LogP contribution in [0.25, 0.3) is 22.3 Å². The summed E-state index contributed by atoms with van der Waals surface area (Å²) in [5.74, 6) is 3.51.